The molecule has 1 N–H and O–H groups in total. The summed E-state index contributed by atoms with van der Waals surface area (Å²) < 4.78 is 0. The van der Waals surface area contributed by atoms with Gasteiger partial charge < -0.3 is 5.32 Å². The minimum Gasteiger partial charge on any atom is -0.302 e. The zero-order valence-corrected chi connectivity index (χ0v) is 6.12. The van der Waals surface area contributed by atoms with E-state index in [1.54, 1.807) is 12.4 Å². The molecule has 11 heavy (non-hydrogen) atoms. The Hall–Kier alpha value is -1.40. The summed E-state index contributed by atoms with van der Waals surface area (Å²) in [5.74, 6) is 2.49. The van der Waals surface area contributed by atoms with Crippen LogP contribution in [0.4, 0.5) is 0 Å². The van der Waals surface area contributed by atoms with Crippen molar-refractivity contribution in [3.05, 3.63) is 24.3 Å². The number of aromatic nitrogens is 2. The Bertz CT molecular complexity index is 237. The van der Waals surface area contributed by atoms with Crippen LogP contribution in [-0.4, -0.2) is 16.5 Å². The highest BCUT2D eigenvalue weighted by molar-refractivity contribution is 5.02. The van der Waals surface area contributed by atoms with Crippen molar-refractivity contribution in [3.63, 3.8) is 0 Å². The molecule has 3 nitrogen and oxygen atoms in total. The molecule has 56 valence electrons. The summed E-state index contributed by atoms with van der Waals surface area (Å²) in [4.78, 5) is 7.72. The summed E-state index contributed by atoms with van der Waals surface area (Å²) in [6, 6.07) is 0. The van der Waals surface area contributed by atoms with E-state index in [4.69, 9.17) is 6.42 Å². The van der Waals surface area contributed by atoms with E-state index < -0.39 is 0 Å². The van der Waals surface area contributed by atoms with Gasteiger partial charge in [0.2, 0.25) is 0 Å². The molecule has 1 heterocycles. The number of rotatable bonds is 3. The molecule has 0 aliphatic rings. The minimum absolute atomic E-state index is 0.578. The molecule has 0 saturated heterocycles. The first-order valence-corrected chi connectivity index (χ1v) is 3.31. The molecule has 0 aliphatic heterocycles. The van der Waals surface area contributed by atoms with Crippen LogP contribution in [0.15, 0.2) is 18.7 Å². The van der Waals surface area contributed by atoms with Crippen molar-refractivity contribution in [1.82, 2.24) is 15.3 Å². The highest BCUT2D eigenvalue weighted by Crippen LogP contribution is 1.89. The predicted octanol–water partition coefficient (Wildman–Crippen LogP) is 0.199. The minimum atomic E-state index is 0.578. The third-order valence-corrected chi connectivity index (χ3v) is 1.17. The van der Waals surface area contributed by atoms with Gasteiger partial charge in [0.05, 0.1) is 6.54 Å². The summed E-state index contributed by atoms with van der Waals surface area (Å²) in [6.45, 7) is 1.31. The van der Waals surface area contributed by atoms with Crippen LogP contribution >= 0.6 is 0 Å². The van der Waals surface area contributed by atoms with E-state index in [-0.39, 0.29) is 0 Å². The van der Waals surface area contributed by atoms with Gasteiger partial charge in [-0.15, -0.1) is 6.42 Å². The standard InChI is InChI=1S/C8H9N3/c1-2-3-9-4-8-5-10-7-11-6-8/h1,5-7,9H,3-4H2. The van der Waals surface area contributed by atoms with Crippen LogP contribution in [0.3, 0.4) is 0 Å². The molecular weight excluding hydrogens is 138 g/mol. The van der Waals surface area contributed by atoms with E-state index in [0.717, 1.165) is 12.1 Å². The third kappa shape index (κ3) is 2.78. The molecule has 3 heteroatoms. The van der Waals surface area contributed by atoms with Gasteiger partial charge in [-0.3, -0.25) is 0 Å². The molecule has 0 saturated carbocycles. The molecule has 0 aliphatic carbocycles. The van der Waals surface area contributed by atoms with Crippen molar-refractivity contribution in [2.45, 2.75) is 6.54 Å². The molecular formula is C8H9N3. The van der Waals surface area contributed by atoms with Gasteiger partial charge in [0, 0.05) is 24.5 Å². The van der Waals surface area contributed by atoms with Crippen molar-refractivity contribution >= 4 is 0 Å². The zero-order valence-electron chi connectivity index (χ0n) is 6.12. The van der Waals surface area contributed by atoms with E-state index in [0.29, 0.717) is 6.54 Å². The van der Waals surface area contributed by atoms with Gasteiger partial charge in [-0.2, -0.15) is 0 Å². The predicted molar refractivity (Wildman–Crippen MR) is 42.6 cm³/mol. The number of terminal acetylenes is 1. The van der Waals surface area contributed by atoms with Crippen LogP contribution in [0, 0.1) is 12.3 Å². The first kappa shape index (κ1) is 7.70. The Morgan fingerprint density at radius 2 is 2.18 bits per heavy atom. The maximum Gasteiger partial charge on any atom is 0.115 e. The lowest BCUT2D eigenvalue weighted by Gasteiger charge is -1.97. The quantitative estimate of drug-likeness (QED) is 0.490. The van der Waals surface area contributed by atoms with E-state index >= 15 is 0 Å². The lowest BCUT2D eigenvalue weighted by atomic mass is 10.3. The van der Waals surface area contributed by atoms with Crippen LogP contribution in [0.5, 0.6) is 0 Å². The van der Waals surface area contributed by atoms with Gasteiger partial charge >= 0.3 is 0 Å². The fourth-order valence-corrected chi connectivity index (χ4v) is 0.700. The fourth-order valence-electron chi connectivity index (χ4n) is 0.700. The normalized spacial score (nSPS) is 9.00. The number of hydrogen-bond acceptors (Lipinski definition) is 3. The van der Waals surface area contributed by atoms with Crippen LogP contribution in [0.25, 0.3) is 0 Å². The van der Waals surface area contributed by atoms with E-state index in [2.05, 4.69) is 21.2 Å². The van der Waals surface area contributed by atoms with Gasteiger partial charge in [0.1, 0.15) is 6.33 Å². The second-order valence-corrected chi connectivity index (χ2v) is 2.05. The van der Waals surface area contributed by atoms with Gasteiger partial charge in [0.15, 0.2) is 0 Å². The second-order valence-electron chi connectivity index (χ2n) is 2.05. The molecule has 0 bridgehead atoms. The summed E-state index contributed by atoms with van der Waals surface area (Å²) in [5, 5.41) is 3.04. The average molecular weight is 147 g/mol. The second kappa shape index (κ2) is 4.42. The van der Waals surface area contributed by atoms with Crippen molar-refractivity contribution in [3.8, 4) is 12.3 Å². The van der Waals surface area contributed by atoms with Crippen molar-refractivity contribution in [2.75, 3.05) is 6.54 Å². The van der Waals surface area contributed by atoms with Crippen molar-refractivity contribution in [1.29, 1.82) is 0 Å². The van der Waals surface area contributed by atoms with E-state index in [9.17, 15) is 0 Å². The van der Waals surface area contributed by atoms with Crippen molar-refractivity contribution in [2.24, 2.45) is 0 Å². The van der Waals surface area contributed by atoms with Crippen LogP contribution < -0.4 is 5.32 Å². The van der Waals surface area contributed by atoms with Crippen molar-refractivity contribution < 1.29 is 0 Å². The molecule has 0 aromatic carbocycles. The molecule has 1 aromatic heterocycles. The first-order chi connectivity index (χ1) is 5.43. The summed E-state index contributed by atoms with van der Waals surface area (Å²) in [5.41, 5.74) is 1.04. The van der Waals surface area contributed by atoms with Gasteiger partial charge in [-0.25, -0.2) is 9.97 Å². The molecule has 0 atom stereocenters. The molecule has 1 rings (SSSR count). The topological polar surface area (TPSA) is 37.8 Å². The molecule has 0 unspecified atom stereocenters. The van der Waals surface area contributed by atoms with Crippen LogP contribution in [-0.2, 0) is 6.54 Å². The Balaban J connectivity index is 2.35. The fraction of sp³-hybridized carbons (Fsp3) is 0.250. The Labute approximate surface area is 65.9 Å². The number of nitrogens with one attached hydrogen (secondary N) is 1. The number of hydrogen-bond donors (Lipinski definition) is 1. The lowest BCUT2D eigenvalue weighted by molar-refractivity contribution is 0.762. The maximum atomic E-state index is 5.05. The largest absolute Gasteiger partial charge is 0.302 e. The molecule has 1 aromatic rings. The molecule has 0 spiro atoms. The zero-order chi connectivity index (χ0) is 7.94. The van der Waals surface area contributed by atoms with Crippen LogP contribution in [0.1, 0.15) is 5.56 Å². The summed E-state index contributed by atoms with van der Waals surface area (Å²) in [7, 11) is 0. The SMILES string of the molecule is C#CCNCc1cncnc1. The smallest absolute Gasteiger partial charge is 0.115 e. The summed E-state index contributed by atoms with van der Waals surface area (Å²) >= 11 is 0. The summed E-state index contributed by atoms with van der Waals surface area (Å²) in [6.07, 6.45) is 10.1. The Morgan fingerprint density at radius 3 is 2.82 bits per heavy atom. The monoisotopic (exact) mass is 147 g/mol. The van der Waals surface area contributed by atoms with E-state index in [1.165, 1.54) is 6.33 Å². The molecule has 0 fully saturated rings. The highest BCUT2D eigenvalue weighted by Gasteiger charge is 1.88. The average Bonchev–Trinajstić information content (AvgIpc) is 2.07. The number of nitrogens with zero attached hydrogens (tertiary/aromatic N) is 2. The lowest BCUT2D eigenvalue weighted by Crippen LogP contribution is -2.13. The van der Waals surface area contributed by atoms with E-state index in [1.807, 2.05) is 0 Å². The molecule has 0 amide bonds. The Kier molecular flexibility index (Phi) is 3.10. The molecule has 0 radical (unpaired) electrons. The Morgan fingerprint density at radius 1 is 1.45 bits per heavy atom. The van der Waals surface area contributed by atoms with Gasteiger partial charge in [0.25, 0.3) is 0 Å². The third-order valence-electron chi connectivity index (χ3n) is 1.17. The van der Waals surface area contributed by atoms with Crippen LogP contribution in [0.2, 0.25) is 0 Å². The first-order valence-electron chi connectivity index (χ1n) is 3.31. The highest BCUT2D eigenvalue weighted by atomic mass is 14.9. The van der Waals surface area contributed by atoms with Gasteiger partial charge in [-0.1, -0.05) is 5.92 Å². The maximum absolute atomic E-state index is 5.05. The van der Waals surface area contributed by atoms with Gasteiger partial charge in [-0.05, 0) is 0 Å².